The van der Waals surface area contributed by atoms with Crippen LogP contribution in [0.1, 0.15) is 36.6 Å². The third kappa shape index (κ3) is 3.30. The molecule has 3 nitrogen and oxygen atoms in total. The third-order valence-corrected chi connectivity index (χ3v) is 4.76. The van der Waals surface area contributed by atoms with Crippen LogP contribution in [-0.4, -0.2) is 19.1 Å². The van der Waals surface area contributed by atoms with E-state index in [4.69, 9.17) is 4.74 Å². The summed E-state index contributed by atoms with van der Waals surface area (Å²) in [6.45, 7) is 0. The lowest BCUT2D eigenvalue weighted by molar-refractivity contribution is -0.143. The molecule has 1 aliphatic rings. The Balaban J connectivity index is 2.10. The summed E-state index contributed by atoms with van der Waals surface area (Å²) in [6.07, 6.45) is 4.81. The first kappa shape index (κ1) is 13.1. The molecule has 1 saturated carbocycles. The maximum atomic E-state index is 11.8. The zero-order valence-electron chi connectivity index (χ0n) is 9.74. The summed E-state index contributed by atoms with van der Waals surface area (Å²) in [5.41, 5.74) is 0. The van der Waals surface area contributed by atoms with Crippen molar-refractivity contribution in [2.24, 2.45) is 0 Å². The molecule has 1 aliphatic carbocycles. The lowest BCUT2D eigenvalue weighted by Gasteiger charge is -2.19. The van der Waals surface area contributed by atoms with Crippen molar-refractivity contribution in [2.45, 2.75) is 37.8 Å². The van der Waals surface area contributed by atoms with Crippen LogP contribution in [0, 0.1) is 0 Å². The first-order valence-corrected chi connectivity index (χ1v) is 7.41. The maximum Gasteiger partial charge on any atom is 0.328 e. The summed E-state index contributed by atoms with van der Waals surface area (Å²) in [4.78, 5) is 12.8. The van der Waals surface area contributed by atoms with Crippen molar-refractivity contribution in [3.05, 3.63) is 20.8 Å². The van der Waals surface area contributed by atoms with Gasteiger partial charge in [-0.15, -0.1) is 11.3 Å². The van der Waals surface area contributed by atoms with E-state index in [0.717, 1.165) is 21.5 Å². The summed E-state index contributed by atoms with van der Waals surface area (Å²) in [7, 11) is 1.44. The minimum Gasteiger partial charge on any atom is -0.468 e. The van der Waals surface area contributed by atoms with Crippen molar-refractivity contribution in [1.82, 2.24) is 5.32 Å². The van der Waals surface area contributed by atoms with Crippen molar-refractivity contribution in [3.63, 3.8) is 0 Å². The van der Waals surface area contributed by atoms with Crippen LogP contribution in [0.25, 0.3) is 0 Å². The van der Waals surface area contributed by atoms with Gasteiger partial charge < -0.3 is 4.74 Å². The number of ether oxygens (including phenoxy) is 1. The minimum atomic E-state index is -0.320. The van der Waals surface area contributed by atoms with Gasteiger partial charge >= 0.3 is 5.97 Å². The van der Waals surface area contributed by atoms with Crippen LogP contribution in [0.4, 0.5) is 0 Å². The van der Waals surface area contributed by atoms with E-state index >= 15 is 0 Å². The van der Waals surface area contributed by atoms with Crippen molar-refractivity contribution < 1.29 is 9.53 Å². The zero-order valence-corrected chi connectivity index (χ0v) is 12.1. The van der Waals surface area contributed by atoms with E-state index in [1.54, 1.807) is 11.3 Å². The Morgan fingerprint density at radius 1 is 1.53 bits per heavy atom. The van der Waals surface area contributed by atoms with Gasteiger partial charge in [0.05, 0.1) is 10.9 Å². The number of nitrogens with one attached hydrogen (secondary N) is 1. The van der Waals surface area contributed by atoms with Crippen LogP contribution in [0.5, 0.6) is 0 Å². The maximum absolute atomic E-state index is 11.8. The molecule has 0 radical (unpaired) electrons. The number of carbonyl (C=O) groups excluding carboxylic acids is 1. The topological polar surface area (TPSA) is 38.3 Å². The fraction of sp³-hybridized carbons (Fsp3) is 0.583. The number of thiophene rings is 1. The van der Waals surface area contributed by atoms with Gasteiger partial charge in [0.25, 0.3) is 0 Å². The Kier molecular flexibility index (Phi) is 4.59. The highest BCUT2D eigenvalue weighted by molar-refractivity contribution is 9.11. The predicted octanol–water partition coefficient (Wildman–Crippen LogP) is 3.26. The van der Waals surface area contributed by atoms with Crippen LogP contribution in [0.2, 0.25) is 0 Å². The van der Waals surface area contributed by atoms with Gasteiger partial charge in [0.1, 0.15) is 6.04 Å². The highest BCUT2D eigenvalue weighted by Gasteiger charge is 2.27. The second-order valence-corrected chi connectivity index (χ2v) is 6.74. The Morgan fingerprint density at radius 2 is 2.24 bits per heavy atom. The first-order chi connectivity index (χ1) is 8.20. The molecular formula is C12H16BrNO2S. The average Bonchev–Trinajstić information content (AvgIpc) is 2.96. The molecular weight excluding hydrogens is 302 g/mol. The van der Waals surface area contributed by atoms with Crippen molar-refractivity contribution in [3.8, 4) is 0 Å². The molecule has 0 spiro atoms. The number of esters is 1. The van der Waals surface area contributed by atoms with Gasteiger partial charge in [-0.3, -0.25) is 5.32 Å². The Labute approximate surface area is 114 Å². The molecule has 1 aromatic heterocycles. The lowest BCUT2D eigenvalue weighted by Crippen LogP contribution is -2.35. The van der Waals surface area contributed by atoms with E-state index in [1.807, 2.05) is 12.1 Å². The van der Waals surface area contributed by atoms with Gasteiger partial charge in [0.15, 0.2) is 0 Å². The highest BCUT2D eigenvalue weighted by Crippen LogP contribution is 2.30. The molecule has 5 heteroatoms. The summed E-state index contributed by atoms with van der Waals surface area (Å²) < 4.78 is 5.91. The average molecular weight is 318 g/mol. The second kappa shape index (κ2) is 5.98. The van der Waals surface area contributed by atoms with E-state index in [0.29, 0.717) is 6.04 Å². The van der Waals surface area contributed by atoms with Crippen molar-refractivity contribution in [1.29, 1.82) is 0 Å². The molecule has 1 N–H and O–H groups in total. The second-order valence-electron chi connectivity index (χ2n) is 4.25. The first-order valence-electron chi connectivity index (χ1n) is 5.80. The zero-order chi connectivity index (χ0) is 12.3. The predicted molar refractivity (Wildman–Crippen MR) is 72.2 cm³/mol. The van der Waals surface area contributed by atoms with Crippen molar-refractivity contribution in [2.75, 3.05) is 7.11 Å². The summed E-state index contributed by atoms with van der Waals surface area (Å²) in [6, 6.07) is 4.06. The van der Waals surface area contributed by atoms with Gasteiger partial charge in [-0.25, -0.2) is 4.79 Å². The number of carbonyl (C=O) groups is 1. The summed E-state index contributed by atoms with van der Waals surface area (Å²) in [5.74, 6) is -0.203. The summed E-state index contributed by atoms with van der Waals surface area (Å²) >= 11 is 5.00. The molecule has 1 unspecified atom stereocenters. The van der Waals surface area contributed by atoms with Crippen molar-refractivity contribution >= 4 is 33.2 Å². The van der Waals surface area contributed by atoms with E-state index in [1.165, 1.54) is 20.0 Å². The lowest BCUT2D eigenvalue weighted by atomic mass is 10.2. The number of methoxy groups -OCH3 is 1. The minimum absolute atomic E-state index is 0.203. The molecule has 2 rings (SSSR count). The standard InChI is InChI=1S/C12H16BrNO2S/c1-16-12(15)11(9-6-7-10(13)17-9)14-8-4-2-3-5-8/h6-8,11,14H,2-5H2,1H3. The molecule has 0 aliphatic heterocycles. The van der Waals surface area contributed by atoms with E-state index in [9.17, 15) is 4.79 Å². The van der Waals surface area contributed by atoms with Crippen LogP contribution in [-0.2, 0) is 9.53 Å². The fourth-order valence-electron chi connectivity index (χ4n) is 2.20. The quantitative estimate of drug-likeness (QED) is 0.866. The number of hydrogen-bond donors (Lipinski definition) is 1. The van der Waals surface area contributed by atoms with Crippen LogP contribution < -0.4 is 5.32 Å². The van der Waals surface area contributed by atoms with E-state index in [2.05, 4.69) is 21.2 Å². The largest absolute Gasteiger partial charge is 0.468 e. The van der Waals surface area contributed by atoms with Gasteiger partial charge in [-0.05, 0) is 40.9 Å². The summed E-state index contributed by atoms with van der Waals surface area (Å²) in [5, 5.41) is 3.41. The molecule has 0 bridgehead atoms. The number of rotatable bonds is 4. The van der Waals surface area contributed by atoms with Gasteiger partial charge in [0.2, 0.25) is 0 Å². The molecule has 0 aromatic carbocycles. The van der Waals surface area contributed by atoms with Crippen LogP contribution >= 0.6 is 27.3 Å². The smallest absolute Gasteiger partial charge is 0.328 e. The SMILES string of the molecule is COC(=O)C(NC1CCCC1)c1ccc(Br)s1. The van der Waals surface area contributed by atoms with E-state index < -0.39 is 0 Å². The molecule has 94 valence electrons. The monoisotopic (exact) mass is 317 g/mol. The Hall–Kier alpha value is -0.390. The molecule has 1 fully saturated rings. The fourth-order valence-corrected chi connectivity index (χ4v) is 3.67. The van der Waals surface area contributed by atoms with Gasteiger partial charge in [-0.1, -0.05) is 12.8 Å². The van der Waals surface area contributed by atoms with Crippen LogP contribution in [0.15, 0.2) is 15.9 Å². The van der Waals surface area contributed by atoms with Gasteiger partial charge in [0, 0.05) is 10.9 Å². The third-order valence-electron chi connectivity index (χ3n) is 3.07. The molecule has 1 atom stereocenters. The number of halogens is 1. The molecule has 17 heavy (non-hydrogen) atoms. The normalized spacial score (nSPS) is 18.2. The van der Waals surface area contributed by atoms with E-state index in [-0.39, 0.29) is 12.0 Å². The molecule has 1 heterocycles. The molecule has 0 amide bonds. The highest BCUT2D eigenvalue weighted by atomic mass is 79.9. The Bertz CT molecular complexity index is 388. The van der Waals surface area contributed by atoms with Crippen LogP contribution in [0.3, 0.4) is 0 Å². The number of hydrogen-bond acceptors (Lipinski definition) is 4. The molecule has 1 aromatic rings. The Morgan fingerprint density at radius 3 is 2.76 bits per heavy atom. The van der Waals surface area contributed by atoms with Gasteiger partial charge in [-0.2, -0.15) is 0 Å². The molecule has 0 saturated heterocycles.